The summed E-state index contributed by atoms with van der Waals surface area (Å²) in [6.45, 7) is 2.59. The first-order chi connectivity index (χ1) is 9.81. The molecule has 1 aromatic carbocycles. The SMILES string of the molecule is O=C(CC1CCCNC1)NCc1nc2ccccc2s1. The molecule has 1 fully saturated rings. The van der Waals surface area contributed by atoms with Gasteiger partial charge >= 0.3 is 0 Å². The number of carbonyl (C=O) groups is 1. The summed E-state index contributed by atoms with van der Waals surface area (Å²) in [6.07, 6.45) is 2.95. The summed E-state index contributed by atoms with van der Waals surface area (Å²) < 4.78 is 1.17. The molecule has 1 aliphatic heterocycles. The van der Waals surface area contributed by atoms with Crippen LogP contribution in [-0.2, 0) is 11.3 Å². The largest absolute Gasteiger partial charge is 0.350 e. The predicted molar refractivity (Wildman–Crippen MR) is 81.7 cm³/mol. The zero-order valence-corrected chi connectivity index (χ0v) is 12.2. The highest BCUT2D eigenvalue weighted by atomic mass is 32.1. The van der Waals surface area contributed by atoms with Gasteiger partial charge in [0.15, 0.2) is 0 Å². The van der Waals surface area contributed by atoms with Crippen LogP contribution in [0.15, 0.2) is 24.3 Å². The van der Waals surface area contributed by atoms with Gasteiger partial charge in [0.25, 0.3) is 0 Å². The van der Waals surface area contributed by atoms with Crippen LogP contribution in [0.25, 0.3) is 10.2 Å². The van der Waals surface area contributed by atoms with Gasteiger partial charge in [0.05, 0.1) is 16.8 Å². The van der Waals surface area contributed by atoms with Crippen LogP contribution in [0.2, 0.25) is 0 Å². The summed E-state index contributed by atoms with van der Waals surface area (Å²) in [4.78, 5) is 16.5. The van der Waals surface area contributed by atoms with E-state index in [0.29, 0.717) is 18.9 Å². The van der Waals surface area contributed by atoms with Gasteiger partial charge in [0.2, 0.25) is 5.91 Å². The molecule has 1 unspecified atom stereocenters. The highest BCUT2D eigenvalue weighted by molar-refractivity contribution is 7.18. The Morgan fingerprint density at radius 2 is 2.35 bits per heavy atom. The number of nitrogens with zero attached hydrogens (tertiary/aromatic N) is 1. The molecule has 1 atom stereocenters. The Bertz CT molecular complexity index is 557. The fraction of sp³-hybridized carbons (Fsp3) is 0.467. The third-order valence-electron chi connectivity index (χ3n) is 3.65. The molecule has 5 heteroatoms. The second kappa shape index (κ2) is 6.33. The Hall–Kier alpha value is -1.46. The molecule has 20 heavy (non-hydrogen) atoms. The quantitative estimate of drug-likeness (QED) is 0.908. The van der Waals surface area contributed by atoms with Gasteiger partial charge in [-0.1, -0.05) is 12.1 Å². The van der Waals surface area contributed by atoms with Crippen LogP contribution in [-0.4, -0.2) is 24.0 Å². The van der Waals surface area contributed by atoms with Gasteiger partial charge in [-0.15, -0.1) is 11.3 Å². The highest BCUT2D eigenvalue weighted by Crippen LogP contribution is 2.21. The minimum atomic E-state index is 0.137. The molecule has 0 saturated carbocycles. The van der Waals surface area contributed by atoms with Crippen LogP contribution < -0.4 is 10.6 Å². The first-order valence-electron chi connectivity index (χ1n) is 7.13. The van der Waals surface area contributed by atoms with Crippen molar-refractivity contribution in [2.75, 3.05) is 13.1 Å². The van der Waals surface area contributed by atoms with Crippen molar-refractivity contribution < 1.29 is 4.79 Å². The van der Waals surface area contributed by atoms with E-state index in [1.807, 2.05) is 18.2 Å². The molecule has 4 nitrogen and oxygen atoms in total. The van der Waals surface area contributed by atoms with Gasteiger partial charge in [-0.05, 0) is 44.0 Å². The molecule has 1 aromatic heterocycles. The molecule has 3 rings (SSSR count). The predicted octanol–water partition coefficient (Wildman–Crippen LogP) is 2.30. The average molecular weight is 289 g/mol. The number of aromatic nitrogens is 1. The van der Waals surface area contributed by atoms with Crippen molar-refractivity contribution in [1.82, 2.24) is 15.6 Å². The fourth-order valence-electron chi connectivity index (χ4n) is 2.60. The van der Waals surface area contributed by atoms with Crippen LogP contribution in [0.1, 0.15) is 24.3 Å². The van der Waals surface area contributed by atoms with Crippen molar-refractivity contribution >= 4 is 27.5 Å². The molecule has 2 heterocycles. The van der Waals surface area contributed by atoms with E-state index in [2.05, 4.69) is 21.7 Å². The first-order valence-corrected chi connectivity index (χ1v) is 7.95. The number of piperidine rings is 1. The molecular formula is C15H19N3OS. The van der Waals surface area contributed by atoms with E-state index in [0.717, 1.165) is 30.0 Å². The second-order valence-corrected chi connectivity index (χ2v) is 6.38. The molecule has 1 amide bonds. The number of carbonyl (C=O) groups excluding carboxylic acids is 1. The van der Waals surface area contributed by atoms with Crippen molar-refractivity contribution in [3.63, 3.8) is 0 Å². The van der Waals surface area contributed by atoms with Crippen LogP contribution in [0.4, 0.5) is 0 Å². The minimum Gasteiger partial charge on any atom is -0.350 e. The van der Waals surface area contributed by atoms with E-state index in [1.165, 1.54) is 11.1 Å². The van der Waals surface area contributed by atoms with Crippen LogP contribution in [0.3, 0.4) is 0 Å². The minimum absolute atomic E-state index is 0.137. The zero-order chi connectivity index (χ0) is 13.8. The maximum absolute atomic E-state index is 11.9. The molecule has 0 spiro atoms. The van der Waals surface area contributed by atoms with E-state index >= 15 is 0 Å². The lowest BCUT2D eigenvalue weighted by atomic mass is 9.96. The third-order valence-corrected chi connectivity index (χ3v) is 4.68. The molecule has 106 valence electrons. The third kappa shape index (κ3) is 3.35. The molecule has 2 aromatic rings. The van der Waals surface area contributed by atoms with Crippen molar-refractivity contribution in [2.45, 2.75) is 25.8 Å². The molecule has 2 N–H and O–H groups in total. The lowest BCUT2D eigenvalue weighted by molar-refractivity contribution is -0.122. The van der Waals surface area contributed by atoms with E-state index in [-0.39, 0.29) is 5.91 Å². The number of thiazole rings is 1. The summed E-state index contributed by atoms with van der Waals surface area (Å²) in [5, 5.41) is 7.30. The first kappa shape index (κ1) is 13.5. The van der Waals surface area contributed by atoms with Crippen molar-refractivity contribution in [3.05, 3.63) is 29.3 Å². The van der Waals surface area contributed by atoms with Crippen molar-refractivity contribution in [1.29, 1.82) is 0 Å². The van der Waals surface area contributed by atoms with Gasteiger partial charge in [-0.25, -0.2) is 4.98 Å². The monoisotopic (exact) mass is 289 g/mol. The molecule has 1 saturated heterocycles. The molecule has 0 radical (unpaired) electrons. The lowest BCUT2D eigenvalue weighted by Gasteiger charge is -2.21. The summed E-state index contributed by atoms with van der Waals surface area (Å²) in [5.41, 5.74) is 1.01. The number of hydrogen-bond acceptors (Lipinski definition) is 4. The van der Waals surface area contributed by atoms with E-state index in [1.54, 1.807) is 11.3 Å². The van der Waals surface area contributed by atoms with Gasteiger partial charge in [0.1, 0.15) is 5.01 Å². The Morgan fingerprint density at radius 1 is 1.45 bits per heavy atom. The topological polar surface area (TPSA) is 54.0 Å². The molecule has 0 aliphatic carbocycles. The van der Waals surface area contributed by atoms with Crippen LogP contribution >= 0.6 is 11.3 Å². The number of nitrogens with one attached hydrogen (secondary N) is 2. The number of benzene rings is 1. The maximum Gasteiger partial charge on any atom is 0.220 e. The Morgan fingerprint density at radius 3 is 3.15 bits per heavy atom. The van der Waals surface area contributed by atoms with Crippen LogP contribution in [0.5, 0.6) is 0 Å². The van der Waals surface area contributed by atoms with Crippen LogP contribution in [0, 0.1) is 5.92 Å². The Labute approximate surface area is 122 Å². The summed E-state index contributed by atoms with van der Waals surface area (Å²) >= 11 is 1.65. The summed E-state index contributed by atoms with van der Waals surface area (Å²) in [6, 6.07) is 8.07. The van der Waals surface area contributed by atoms with Crippen molar-refractivity contribution in [3.8, 4) is 0 Å². The van der Waals surface area contributed by atoms with Gasteiger partial charge < -0.3 is 10.6 Å². The average Bonchev–Trinajstić information content (AvgIpc) is 2.89. The summed E-state index contributed by atoms with van der Waals surface area (Å²) in [7, 11) is 0. The van der Waals surface area contributed by atoms with E-state index in [9.17, 15) is 4.79 Å². The number of para-hydroxylation sites is 1. The fourth-order valence-corrected chi connectivity index (χ4v) is 3.51. The standard InChI is InChI=1S/C15H19N3OS/c19-14(8-11-4-3-7-16-9-11)17-10-15-18-12-5-1-2-6-13(12)20-15/h1-2,5-6,11,16H,3-4,7-10H2,(H,17,19). The van der Waals surface area contributed by atoms with Crippen molar-refractivity contribution in [2.24, 2.45) is 5.92 Å². The molecule has 0 bridgehead atoms. The lowest BCUT2D eigenvalue weighted by Crippen LogP contribution is -2.34. The van der Waals surface area contributed by atoms with Gasteiger partial charge in [-0.2, -0.15) is 0 Å². The van der Waals surface area contributed by atoms with E-state index < -0.39 is 0 Å². The summed E-state index contributed by atoms with van der Waals surface area (Å²) in [5.74, 6) is 0.622. The van der Waals surface area contributed by atoms with Gasteiger partial charge in [-0.3, -0.25) is 4.79 Å². The molecule has 1 aliphatic rings. The van der Waals surface area contributed by atoms with E-state index in [4.69, 9.17) is 0 Å². The number of rotatable bonds is 4. The zero-order valence-electron chi connectivity index (χ0n) is 11.4. The number of fused-ring (bicyclic) bond motifs is 1. The Balaban J connectivity index is 1.51. The number of amides is 1. The second-order valence-electron chi connectivity index (χ2n) is 5.27. The number of hydrogen-bond donors (Lipinski definition) is 2. The highest BCUT2D eigenvalue weighted by Gasteiger charge is 2.16. The smallest absolute Gasteiger partial charge is 0.220 e. The Kier molecular flexibility index (Phi) is 4.28. The normalized spacial score (nSPS) is 19.1. The maximum atomic E-state index is 11.9. The van der Waals surface area contributed by atoms with Gasteiger partial charge in [0, 0.05) is 6.42 Å². The molecular weight excluding hydrogens is 270 g/mol.